The van der Waals surface area contributed by atoms with Gasteiger partial charge in [-0.2, -0.15) is 0 Å². The molecule has 1 aliphatic rings. The summed E-state index contributed by atoms with van der Waals surface area (Å²) < 4.78 is 6.05. The number of anilines is 3. The number of hydrogen-bond acceptors (Lipinski definition) is 6. The molecule has 0 aliphatic carbocycles. The van der Waals surface area contributed by atoms with Gasteiger partial charge in [-0.3, -0.25) is 4.79 Å². The SMILES string of the molecule is CC(C)NC(=O)c1c[nH]c2ncnc(Nc3cc4c(cc3OC(C)C)NCC=C4)c12. The molecule has 1 aromatic carbocycles. The molecule has 30 heavy (non-hydrogen) atoms. The second-order valence-corrected chi connectivity index (χ2v) is 7.79. The van der Waals surface area contributed by atoms with Crippen molar-refractivity contribution in [3.05, 3.63) is 41.9 Å². The molecule has 8 nitrogen and oxygen atoms in total. The Balaban J connectivity index is 1.78. The van der Waals surface area contributed by atoms with E-state index in [1.165, 1.54) is 6.33 Å². The number of nitrogens with one attached hydrogen (secondary N) is 4. The number of H-pyrrole nitrogens is 1. The highest BCUT2D eigenvalue weighted by atomic mass is 16.5. The second kappa shape index (κ2) is 8.06. The lowest BCUT2D eigenvalue weighted by Crippen LogP contribution is -2.30. The Hall–Kier alpha value is -3.55. The van der Waals surface area contributed by atoms with Gasteiger partial charge >= 0.3 is 0 Å². The van der Waals surface area contributed by atoms with Crippen molar-refractivity contribution >= 4 is 40.2 Å². The van der Waals surface area contributed by atoms with Gasteiger partial charge in [-0.1, -0.05) is 12.2 Å². The molecule has 1 aliphatic heterocycles. The van der Waals surface area contributed by atoms with Gasteiger partial charge in [0.25, 0.3) is 5.91 Å². The summed E-state index contributed by atoms with van der Waals surface area (Å²) in [6.45, 7) is 8.60. The molecule has 2 aromatic heterocycles. The molecule has 0 saturated carbocycles. The molecule has 3 heterocycles. The fourth-order valence-corrected chi connectivity index (χ4v) is 3.40. The van der Waals surface area contributed by atoms with Gasteiger partial charge in [-0.15, -0.1) is 0 Å². The summed E-state index contributed by atoms with van der Waals surface area (Å²) in [4.78, 5) is 24.4. The number of nitrogens with zero attached hydrogens (tertiary/aromatic N) is 2. The van der Waals surface area contributed by atoms with Gasteiger partial charge in [-0.05, 0) is 39.3 Å². The summed E-state index contributed by atoms with van der Waals surface area (Å²) in [5.41, 5.74) is 3.93. The number of rotatable bonds is 6. The molecule has 8 heteroatoms. The third-order valence-corrected chi connectivity index (χ3v) is 4.61. The van der Waals surface area contributed by atoms with E-state index in [0.717, 1.165) is 23.5 Å². The molecule has 4 rings (SSSR count). The summed E-state index contributed by atoms with van der Waals surface area (Å²) >= 11 is 0. The van der Waals surface area contributed by atoms with Crippen molar-refractivity contribution in [2.75, 3.05) is 17.2 Å². The minimum atomic E-state index is -0.176. The second-order valence-electron chi connectivity index (χ2n) is 7.79. The van der Waals surface area contributed by atoms with Crippen molar-refractivity contribution in [2.45, 2.75) is 39.8 Å². The molecule has 1 amide bonds. The lowest BCUT2D eigenvalue weighted by Gasteiger charge is -2.20. The molecule has 0 spiro atoms. The number of aromatic nitrogens is 3. The Bertz CT molecular complexity index is 1120. The van der Waals surface area contributed by atoms with Crippen LogP contribution in [-0.4, -0.2) is 39.5 Å². The van der Waals surface area contributed by atoms with E-state index in [2.05, 4.69) is 43.1 Å². The van der Waals surface area contributed by atoms with Crippen LogP contribution < -0.4 is 20.7 Å². The summed E-state index contributed by atoms with van der Waals surface area (Å²) in [5.74, 6) is 1.07. The van der Waals surface area contributed by atoms with Crippen LogP contribution in [0, 0.1) is 0 Å². The first-order valence-electron chi connectivity index (χ1n) is 10.1. The van der Waals surface area contributed by atoms with Crippen LogP contribution in [0.3, 0.4) is 0 Å². The average molecular weight is 406 g/mol. The quantitative estimate of drug-likeness (QED) is 0.492. The zero-order valence-electron chi connectivity index (χ0n) is 17.5. The van der Waals surface area contributed by atoms with E-state index in [1.807, 2.05) is 39.8 Å². The zero-order chi connectivity index (χ0) is 21.3. The van der Waals surface area contributed by atoms with Crippen molar-refractivity contribution in [3.63, 3.8) is 0 Å². The van der Waals surface area contributed by atoms with Crippen LogP contribution in [0.4, 0.5) is 17.2 Å². The number of carbonyl (C=O) groups excluding carboxylic acids is 1. The summed E-state index contributed by atoms with van der Waals surface area (Å²) in [6.07, 6.45) is 7.27. The highest BCUT2D eigenvalue weighted by molar-refractivity contribution is 6.10. The molecule has 0 radical (unpaired) electrons. The first-order chi connectivity index (χ1) is 14.4. The molecule has 0 bridgehead atoms. The van der Waals surface area contributed by atoms with Gasteiger partial charge in [0, 0.05) is 30.5 Å². The molecule has 0 atom stereocenters. The van der Waals surface area contributed by atoms with Crippen molar-refractivity contribution < 1.29 is 9.53 Å². The standard InChI is InChI=1S/C22H26N6O2/c1-12(2)27-22(29)15-10-24-20-19(15)21(26-11-25-20)28-17-8-14-6-5-7-23-16(14)9-18(17)30-13(3)4/h5-6,8-13,23H,7H2,1-4H3,(H,27,29)(H2,24,25,26,28). The van der Waals surface area contributed by atoms with E-state index in [9.17, 15) is 4.79 Å². The third-order valence-electron chi connectivity index (χ3n) is 4.61. The van der Waals surface area contributed by atoms with Gasteiger partial charge < -0.3 is 25.7 Å². The molecular formula is C22H26N6O2. The highest BCUT2D eigenvalue weighted by Crippen LogP contribution is 2.37. The molecular weight excluding hydrogens is 380 g/mol. The molecule has 0 fully saturated rings. The van der Waals surface area contributed by atoms with Gasteiger partial charge in [0.2, 0.25) is 0 Å². The number of amides is 1. The van der Waals surface area contributed by atoms with Crippen molar-refractivity contribution in [2.24, 2.45) is 0 Å². The van der Waals surface area contributed by atoms with E-state index < -0.39 is 0 Å². The van der Waals surface area contributed by atoms with E-state index in [1.54, 1.807) is 6.20 Å². The summed E-state index contributed by atoms with van der Waals surface area (Å²) in [7, 11) is 0. The number of ether oxygens (including phenoxy) is 1. The summed E-state index contributed by atoms with van der Waals surface area (Å²) in [5, 5.41) is 10.3. The Kier molecular flexibility index (Phi) is 5.31. The fraction of sp³-hybridized carbons (Fsp3) is 0.318. The normalized spacial score (nSPS) is 12.7. The number of aromatic amines is 1. The summed E-state index contributed by atoms with van der Waals surface area (Å²) in [6, 6.07) is 4.03. The number of fused-ring (bicyclic) bond motifs is 2. The maximum Gasteiger partial charge on any atom is 0.253 e. The van der Waals surface area contributed by atoms with Crippen molar-refractivity contribution in [3.8, 4) is 5.75 Å². The highest BCUT2D eigenvalue weighted by Gasteiger charge is 2.20. The van der Waals surface area contributed by atoms with Crippen LogP contribution in [0.2, 0.25) is 0 Å². The predicted octanol–water partition coefficient (Wildman–Crippen LogP) is 4.07. The van der Waals surface area contributed by atoms with E-state index in [0.29, 0.717) is 28.2 Å². The Morgan fingerprint density at radius 3 is 2.80 bits per heavy atom. The minimum absolute atomic E-state index is 0.00721. The van der Waals surface area contributed by atoms with E-state index in [-0.39, 0.29) is 18.1 Å². The first-order valence-corrected chi connectivity index (χ1v) is 10.1. The lowest BCUT2D eigenvalue weighted by atomic mass is 10.1. The van der Waals surface area contributed by atoms with Crippen LogP contribution >= 0.6 is 0 Å². The van der Waals surface area contributed by atoms with Gasteiger partial charge in [0.15, 0.2) is 0 Å². The maximum atomic E-state index is 12.7. The Morgan fingerprint density at radius 2 is 2.03 bits per heavy atom. The van der Waals surface area contributed by atoms with Gasteiger partial charge in [0.05, 0.1) is 22.7 Å². The number of benzene rings is 1. The number of carbonyl (C=O) groups is 1. The van der Waals surface area contributed by atoms with E-state index in [4.69, 9.17) is 4.74 Å². The molecule has 3 aromatic rings. The van der Waals surface area contributed by atoms with Crippen LogP contribution in [0.25, 0.3) is 17.1 Å². The minimum Gasteiger partial charge on any atom is -0.489 e. The maximum absolute atomic E-state index is 12.7. The molecule has 4 N–H and O–H groups in total. The van der Waals surface area contributed by atoms with Crippen LogP contribution in [0.5, 0.6) is 5.75 Å². The largest absolute Gasteiger partial charge is 0.489 e. The smallest absolute Gasteiger partial charge is 0.253 e. The van der Waals surface area contributed by atoms with Crippen LogP contribution in [0.1, 0.15) is 43.6 Å². The van der Waals surface area contributed by atoms with Gasteiger partial charge in [0.1, 0.15) is 23.5 Å². The average Bonchev–Trinajstić information content (AvgIpc) is 3.13. The molecule has 0 saturated heterocycles. The molecule has 156 valence electrons. The van der Waals surface area contributed by atoms with Gasteiger partial charge in [-0.25, -0.2) is 9.97 Å². The van der Waals surface area contributed by atoms with Crippen molar-refractivity contribution in [1.82, 2.24) is 20.3 Å². The fourth-order valence-electron chi connectivity index (χ4n) is 3.40. The monoisotopic (exact) mass is 406 g/mol. The predicted molar refractivity (Wildman–Crippen MR) is 120 cm³/mol. The lowest BCUT2D eigenvalue weighted by molar-refractivity contribution is 0.0945. The Labute approximate surface area is 175 Å². The number of hydrogen-bond donors (Lipinski definition) is 4. The third kappa shape index (κ3) is 3.94. The van der Waals surface area contributed by atoms with E-state index >= 15 is 0 Å². The molecule has 0 unspecified atom stereocenters. The van der Waals surface area contributed by atoms with Crippen LogP contribution in [0.15, 0.2) is 30.7 Å². The Morgan fingerprint density at radius 1 is 1.20 bits per heavy atom. The van der Waals surface area contributed by atoms with Crippen LogP contribution in [-0.2, 0) is 0 Å². The topological polar surface area (TPSA) is 104 Å². The zero-order valence-corrected chi connectivity index (χ0v) is 17.5. The van der Waals surface area contributed by atoms with Crippen molar-refractivity contribution in [1.29, 1.82) is 0 Å². The first kappa shape index (κ1) is 19.8.